The molecular formula is C19H22N2O3S. The van der Waals surface area contributed by atoms with Gasteiger partial charge in [0, 0.05) is 47.3 Å². The van der Waals surface area contributed by atoms with Crippen LogP contribution in [-0.4, -0.2) is 17.6 Å². The number of hydrogen-bond donors (Lipinski definition) is 2. The van der Waals surface area contributed by atoms with Crippen LogP contribution in [0.2, 0.25) is 0 Å². The minimum Gasteiger partial charge on any atom is -0.352 e. The number of rotatable bonds is 7. The first-order valence-corrected chi connectivity index (χ1v) is 8.90. The zero-order valence-corrected chi connectivity index (χ0v) is 15.5. The Labute approximate surface area is 151 Å². The maximum Gasteiger partial charge on any atom is 0.221 e. The minimum absolute atomic E-state index is 0.0108. The number of ketones is 1. The molecule has 0 aliphatic carbocycles. The Kier molecular flexibility index (Phi) is 6.47. The van der Waals surface area contributed by atoms with E-state index in [1.165, 1.54) is 6.92 Å². The van der Waals surface area contributed by atoms with E-state index in [1.54, 1.807) is 23.5 Å². The van der Waals surface area contributed by atoms with Crippen molar-refractivity contribution in [2.24, 2.45) is 0 Å². The SMILES string of the molecule is CC(=O)Nc1ccc(CNC(=O)CCC(=O)c2cc(C)sc2C)cc1. The van der Waals surface area contributed by atoms with Crippen LogP contribution in [0.3, 0.4) is 0 Å². The summed E-state index contributed by atoms with van der Waals surface area (Å²) in [6.45, 7) is 5.74. The molecule has 2 aromatic rings. The fourth-order valence-electron chi connectivity index (χ4n) is 2.47. The molecule has 0 aliphatic rings. The van der Waals surface area contributed by atoms with E-state index >= 15 is 0 Å². The summed E-state index contributed by atoms with van der Waals surface area (Å²) >= 11 is 1.60. The highest BCUT2D eigenvalue weighted by Crippen LogP contribution is 2.22. The molecule has 0 saturated heterocycles. The molecule has 2 rings (SSSR count). The Bertz CT molecular complexity index is 778. The number of thiophene rings is 1. The van der Waals surface area contributed by atoms with Crippen LogP contribution in [0.5, 0.6) is 0 Å². The van der Waals surface area contributed by atoms with Crippen molar-refractivity contribution in [1.29, 1.82) is 0 Å². The van der Waals surface area contributed by atoms with Crippen molar-refractivity contribution in [2.75, 3.05) is 5.32 Å². The minimum atomic E-state index is -0.149. The standard InChI is InChI=1S/C19H22N2O3S/c1-12-10-17(13(2)25-12)18(23)8-9-19(24)20-11-15-4-6-16(7-5-15)21-14(3)22/h4-7,10H,8-9,11H2,1-3H3,(H,20,24)(H,21,22). The van der Waals surface area contributed by atoms with Crippen LogP contribution in [0.15, 0.2) is 30.3 Å². The summed E-state index contributed by atoms with van der Waals surface area (Å²) in [6, 6.07) is 9.14. The van der Waals surface area contributed by atoms with E-state index in [0.717, 1.165) is 26.6 Å². The van der Waals surface area contributed by atoms with E-state index in [0.29, 0.717) is 6.54 Å². The molecule has 0 radical (unpaired) electrons. The number of nitrogens with one attached hydrogen (secondary N) is 2. The smallest absolute Gasteiger partial charge is 0.221 e. The molecule has 1 aromatic heterocycles. The number of Topliss-reactive ketones (excluding diaryl/α,β-unsaturated/α-hetero) is 1. The zero-order valence-electron chi connectivity index (χ0n) is 14.6. The molecule has 2 N–H and O–H groups in total. The van der Waals surface area contributed by atoms with Crippen molar-refractivity contribution in [1.82, 2.24) is 5.32 Å². The lowest BCUT2D eigenvalue weighted by atomic mass is 10.1. The highest BCUT2D eigenvalue weighted by Gasteiger charge is 2.13. The molecule has 0 fully saturated rings. The van der Waals surface area contributed by atoms with Crippen LogP contribution in [0, 0.1) is 13.8 Å². The summed E-state index contributed by atoms with van der Waals surface area (Å²) in [5, 5.41) is 5.50. The summed E-state index contributed by atoms with van der Waals surface area (Å²) < 4.78 is 0. The summed E-state index contributed by atoms with van der Waals surface area (Å²) in [5.74, 6) is -0.262. The zero-order chi connectivity index (χ0) is 18.4. The van der Waals surface area contributed by atoms with Gasteiger partial charge in [0.25, 0.3) is 0 Å². The Morgan fingerprint density at radius 2 is 1.72 bits per heavy atom. The molecule has 25 heavy (non-hydrogen) atoms. The van der Waals surface area contributed by atoms with E-state index < -0.39 is 0 Å². The average Bonchev–Trinajstić information content (AvgIpc) is 2.90. The second-order valence-electron chi connectivity index (χ2n) is 5.90. The van der Waals surface area contributed by atoms with Crippen LogP contribution < -0.4 is 10.6 Å². The molecule has 5 nitrogen and oxygen atoms in total. The van der Waals surface area contributed by atoms with Crippen molar-refractivity contribution < 1.29 is 14.4 Å². The van der Waals surface area contributed by atoms with Crippen molar-refractivity contribution in [3.63, 3.8) is 0 Å². The molecule has 6 heteroatoms. The molecule has 0 unspecified atom stereocenters. The molecule has 0 aliphatic heterocycles. The van der Waals surface area contributed by atoms with Crippen molar-refractivity contribution in [2.45, 2.75) is 40.2 Å². The maximum absolute atomic E-state index is 12.2. The van der Waals surface area contributed by atoms with Crippen molar-refractivity contribution in [3.05, 3.63) is 51.2 Å². The van der Waals surface area contributed by atoms with Gasteiger partial charge in [-0.2, -0.15) is 0 Å². The van der Waals surface area contributed by atoms with E-state index in [1.807, 2.05) is 32.0 Å². The molecule has 0 atom stereocenters. The van der Waals surface area contributed by atoms with Crippen LogP contribution in [-0.2, 0) is 16.1 Å². The van der Waals surface area contributed by atoms with Gasteiger partial charge < -0.3 is 10.6 Å². The summed E-state index contributed by atoms with van der Waals surface area (Å²) in [4.78, 5) is 37.2. The topological polar surface area (TPSA) is 75.3 Å². The van der Waals surface area contributed by atoms with Gasteiger partial charge in [-0.1, -0.05) is 12.1 Å². The van der Waals surface area contributed by atoms with E-state index in [9.17, 15) is 14.4 Å². The van der Waals surface area contributed by atoms with Gasteiger partial charge in [-0.05, 0) is 37.6 Å². The first kappa shape index (κ1) is 18.9. The quantitative estimate of drug-likeness (QED) is 0.743. The summed E-state index contributed by atoms with van der Waals surface area (Å²) in [5.41, 5.74) is 2.37. The molecular weight excluding hydrogens is 336 g/mol. The lowest BCUT2D eigenvalue weighted by molar-refractivity contribution is -0.121. The monoisotopic (exact) mass is 358 g/mol. The molecule has 1 aromatic carbocycles. The summed E-state index contributed by atoms with van der Waals surface area (Å²) in [6.07, 6.45) is 0.390. The molecule has 0 saturated carbocycles. The maximum atomic E-state index is 12.2. The van der Waals surface area contributed by atoms with Gasteiger partial charge in [0.2, 0.25) is 11.8 Å². The van der Waals surface area contributed by atoms with E-state index in [-0.39, 0.29) is 30.4 Å². The molecule has 132 valence electrons. The Hall–Kier alpha value is -2.47. The molecule has 0 bridgehead atoms. The third kappa shape index (κ3) is 5.83. The van der Waals surface area contributed by atoms with Gasteiger partial charge in [-0.3, -0.25) is 14.4 Å². The number of carbonyl (C=O) groups excluding carboxylic acids is 3. The number of aryl methyl sites for hydroxylation is 2. The fourth-order valence-corrected chi connectivity index (χ4v) is 3.41. The molecule has 0 spiro atoms. The predicted molar refractivity (Wildman–Crippen MR) is 99.9 cm³/mol. The normalized spacial score (nSPS) is 10.4. The van der Waals surface area contributed by atoms with Gasteiger partial charge >= 0.3 is 0 Å². The number of amides is 2. The highest BCUT2D eigenvalue weighted by molar-refractivity contribution is 7.12. The van der Waals surface area contributed by atoms with Crippen LogP contribution >= 0.6 is 11.3 Å². The number of benzene rings is 1. The van der Waals surface area contributed by atoms with Gasteiger partial charge in [0.05, 0.1) is 0 Å². The first-order valence-electron chi connectivity index (χ1n) is 8.08. The molecule has 1 heterocycles. The van der Waals surface area contributed by atoms with Crippen LogP contribution in [0.4, 0.5) is 5.69 Å². The largest absolute Gasteiger partial charge is 0.352 e. The van der Waals surface area contributed by atoms with Gasteiger partial charge in [-0.15, -0.1) is 11.3 Å². The van der Waals surface area contributed by atoms with Gasteiger partial charge in [0.1, 0.15) is 0 Å². The second kappa shape index (κ2) is 8.58. The van der Waals surface area contributed by atoms with Crippen LogP contribution in [0.25, 0.3) is 0 Å². The van der Waals surface area contributed by atoms with Crippen molar-refractivity contribution >= 4 is 34.6 Å². The Morgan fingerprint density at radius 1 is 1.04 bits per heavy atom. The Balaban J connectivity index is 1.78. The first-order chi connectivity index (χ1) is 11.8. The molecule has 2 amide bonds. The van der Waals surface area contributed by atoms with E-state index in [4.69, 9.17) is 0 Å². The number of hydrogen-bond acceptors (Lipinski definition) is 4. The summed E-state index contributed by atoms with van der Waals surface area (Å²) in [7, 11) is 0. The van der Waals surface area contributed by atoms with Gasteiger partial charge in [0.15, 0.2) is 5.78 Å². The number of carbonyl (C=O) groups is 3. The fraction of sp³-hybridized carbons (Fsp3) is 0.316. The lowest BCUT2D eigenvalue weighted by Gasteiger charge is -2.07. The second-order valence-corrected chi connectivity index (χ2v) is 7.37. The lowest BCUT2D eigenvalue weighted by Crippen LogP contribution is -2.23. The Morgan fingerprint density at radius 3 is 2.28 bits per heavy atom. The number of anilines is 1. The predicted octanol–water partition coefficient (Wildman–Crippen LogP) is 3.60. The van der Waals surface area contributed by atoms with Gasteiger partial charge in [-0.25, -0.2) is 0 Å². The van der Waals surface area contributed by atoms with Crippen molar-refractivity contribution in [3.8, 4) is 0 Å². The third-order valence-corrected chi connectivity index (χ3v) is 4.65. The van der Waals surface area contributed by atoms with Crippen LogP contribution in [0.1, 0.15) is 45.4 Å². The van der Waals surface area contributed by atoms with E-state index in [2.05, 4.69) is 10.6 Å². The highest BCUT2D eigenvalue weighted by atomic mass is 32.1. The third-order valence-electron chi connectivity index (χ3n) is 3.68. The average molecular weight is 358 g/mol.